The average molecular weight is 335 g/mol. The molecule has 2 aromatic carbocycles. The van der Waals surface area contributed by atoms with Gasteiger partial charge in [0.2, 0.25) is 0 Å². The maximum absolute atomic E-state index is 12.7. The molecule has 3 rings (SSSR count). The smallest absolute Gasteiger partial charge is 0.182 e. The van der Waals surface area contributed by atoms with E-state index in [2.05, 4.69) is 0 Å². The summed E-state index contributed by atoms with van der Waals surface area (Å²) in [6, 6.07) is 13.7. The largest absolute Gasteiger partial charge is 0.303 e. The lowest BCUT2D eigenvalue weighted by Gasteiger charge is -2.05. The third-order valence-electron chi connectivity index (χ3n) is 4.13. The molecule has 0 radical (unpaired) electrons. The van der Waals surface area contributed by atoms with Gasteiger partial charge in [-0.2, -0.15) is 0 Å². The lowest BCUT2D eigenvalue weighted by atomic mass is 10.1. The van der Waals surface area contributed by atoms with Gasteiger partial charge in [0.05, 0.1) is 10.1 Å². The Morgan fingerprint density at radius 2 is 1.59 bits per heavy atom. The van der Waals surface area contributed by atoms with E-state index in [0.29, 0.717) is 5.02 Å². The van der Waals surface area contributed by atoms with E-state index in [1.165, 1.54) is 0 Å². The fourth-order valence-corrected chi connectivity index (χ4v) is 5.09. The maximum Gasteiger partial charge on any atom is 0.182 e. The Labute approximate surface area is 134 Å². The SMILES string of the molecule is Cc1ccc(S(=O)(=O)[C@H]2[C@H](C=O)[C@@H]2c2ccc(Cl)cc2)cc1. The van der Waals surface area contributed by atoms with Crippen molar-refractivity contribution in [3.8, 4) is 0 Å². The Morgan fingerprint density at radius 3 is 2.14 bits per heavy atom. The number of hydrogen-bond donors (Lipinski definition) is 0. The molecule has 0 spiro atoms. The molecular formula is C17H15ClO3S. The first-order chi connectivity index (χ1) is 10.4. The van der Waals surface area contributed by atoms with Crippen LogP contribution >= 0.6 is 11.6 Å². The van der Waals surface area contributed by atoms with Crippen molar-refractivity contribution in [1.29, 1.82) is 0 Å². The van der Waals surface area contributed by atoms with Gasteiger partial charge in [-0.05, 0) is 36.8 Å². The maximum atomic E-state index is 12.7. The summed E-state index contributed by atoms with van der Waals surface area (Å²) < 4.78 is 25.5. The van der Waals surface area contributed by atoms with Crippen molar-refractivity contribution in [2.45, 2.75) is 23.0 Å². The monoisotopic (exact) mass is 334 g/mol. The van der Waals surface area contributed by atoms with Gasteiger partial charge in [-0.15, -0.1) is 0 Å². The molecule has 22 heavy (non-hydrogen) atoms. The molecule has 1 saturated carbocycles. The zero-order valence-electron chi connectivity index (χ0n) is 11.9. The van der Waals surface area contributed by atoms with Crippen molar-refractivity contribution < 1.29 is 13.2 Å². The van der Waals surface area contributed by atoms with Gasteiger partial charge in [-0.3, -0.25) is 0 Å². The zero-order valence-corrected chi connectivity index (χ0v) is 13.5. The molecule has 3 nitrogen and oxygen atoms in total. The standard InChI is InChI=1S/C17H15ClO3S/c1-11-2-8-14(9-3-11)22(20,21)17-15(10-19)16(17)12-4-6-13(18)7-5-12/h2-10,15-17H,1H3/t15-,16+,17+/m1/s1. The minimum absolute atomic E-state index is 0.270. The van der Waals surface area contributed by atoms with Crippen molar-refractivity contribution >= 4 is 27.7 Å². The Morgan fingerprint density at radius 1 is 1.00 bits per heavy atom. The molecule has 1 aliphatic rings. The van der Waals surface area contributed by atoms with Crippen LogP contribution in [0.2, 0.25) is 5.02 Å². The quantitative estimate of drug-likeness (QED) is 0.805. The van der Waals surface area contributed by atoms with Crippen molar-refractivity contribution in [3.63, 3.8) is 0 Å². The highest BCUT2D eigenvalue weighted by Gasteiger charge is 2.58. The third kappa shape index (κ3) is 2.57. The Balaban J connectivity index is 1.95. The first-order valence-electron chi connectivity index (χ1n) is 6.96. The number of sulfone groups is 1. The first-order valence-corrected chi connectivity index (χ1v) is 8.89. The number of aldehydes is 1. The molecule has 0 saturated heterocycles. The van der Waals surface area contributed by atoms with Crippen LogP contribution in [-0.2, 0) is 14.6 Å². The highest BCUT2D eigenvalue weighted by Crippen LogP contribution is 2.52. The van der Waals surface area contributed by atoms with Gasteiger partial charge in [0.25, 0.3) is 0 Å². The highest BCUT2D eigenvalue weighted by molar-refractivity contribution is 7.92. The fourth-order valence-electron chi connectivity index (χ4n) is 2.85. The van der Waals surface area contributed by atoms with E-state index >= 15 is 0 Å². The summed E-state index contributed by atoms with van der Waals surface area (Å²) in [5, 5.41) is -0.0983. The van der Waals surface area contributed by atoms with Crippen LogP contribution in [0.4, 0.5) is 0 Å². The summed E-state index contributed by atoms with van der Waals surface area (Å²) in [6.07, 6.45) is 0.746. The molecule has 114 valence electrons. The number of rotatable bonds is 4. The van der Waals surface area contributed by atoms with E-state index in [0.717, 1.165) is 17.4 Å². The number of benzene rings is 2. The summed E-state index contributed by atoms with van der Waals surface area (Å²) in [7, 11) is -3.52. The normalized spacial score (nSPS) is 24.0. The second-order valence-electron chi connectivity index (χ2n) is 5.61. The van der Waals surface area contributed by atoms with Gasteiger partial charge in [-0.25, -0.2) is 8.42 Å². The van der Waals surface area contributed by atoms with E-state index in [-0.39, 0.29) is 10.8 Å². The molecular weight excluding hydrogens is 320 g/mol. The molecule has 0 heterocycles. The van der Waals surface area contributed by atoms with E-state index in [9.17, 15) is 13.2 Å². The Kier molecular flexibility index (Phi) is 3.83. The molecule has 1 aliphatic carbocycles. The van der Waals surface area contributed by atoms with Crippen molar-refractivity contribution in [2.75, 3.05) is 0 Å². The molecule has 0 aromatic heterocycles. The average Bonchev–Trinajstić information content (AvgIpc) is 3.24. The van der Waals surface area contributed by atoms with Crippen molar-refractivity contribution in [1.82, 2.24) is 0 Å². The predicted octanol–water partition coefficient (Wildman–Crippen LogP) is 3.40. The number of carbonyl (C=O) groups is 1. The minimum atomic E-state index is -3.52. The van der Waals surface area contributed by atoms with Gasteiger partial charge in [0, 0.05) is 16.9 Å². The van der Waals surface area contributed by atoms with E-state index in [4.69, 9.17) is 11.6 Å². The molecule has 3 atom stereocenters. The van der Waals surface area contributed by atoms with Gasteiger partial charge >= 0.3 is 0 Å². The molecule has 1 fully saturated rings. The van der Waals surface area contributed by atoms with E-state index in [1.54, 1.807) is 48.5 Å². The Hall–Kier alpha value is -1.65. The topological polar surface area (TPSA) is 51.2 Å². The molecule has 0 amide bonds. The predicted molar refractivity (Wildman–Crippen MR) is 85.9 cm³/mol. The first kappa shape index (κ1) is 15.3. The summed E-state index contributed by atoms with van der Waals surface area (Å²) in [5.41, 5.74) is 1.83. The number of carbonyl (C=O) groups excluding carboxylic acids is 1. The van der Waals surface area contributed by atoms with Crippen LogP contribution < -0.4 is 0 Å². The van der Waals surface area contributed by atoms with Crippen LogP contribution in [0.1, 0.15) is 17.0 Å². The summed E-state index contributed by atoms with van der Waals surface area (Å²) in [6.45, 7) is 1.90. The molecule has 0 unspecified atom stereocenters. The van der Waals surface area contributed by atoms with Crippen LogP contribution in [0.5, 0.6) is 0 Å². The summed E-state index contributed by atoms with van der Waals surface area (Å²) in [5.74, 6) is -0.784. The van der Waals surface area contributed by atoms with E-state index in [1.807, 2.05) is 6.92 Å². The minimum Gasteiger partial charge on any atom is -0.303 e. The van der Waals surface area contributed by atoms with Gasteiger partial charge < -0.3 is 4.79 Å². The van der Waals surface area contributed by atoms with Crippen LogP contribution in [-0.4, -0.2) is 20.0 Å². The number of aryl methyl sites for hydroxylation is 1. The van der Waals surface area contributed by atoms with Crippen molar-refractivity contribution in [2.24, 2.45) is 5.92 Å². The second kappa shape index (κ2) is 5.52. The van der Waals surface area contributed by atoms with Crippen LogP contribution in [0, 0.1) is 12.8 Å². The van der Waals surface area contributed by atoms with Crippen molar-refractivity contribution in [3.05, 3.63) is 64.7 Å². The van der Waals surface area contributed by atoms with E-state index < -0.39 is 21.0 Å². The molecule has 0 aliphatic heterocycles. The Bertz CT molecular complexity index is 795. The summed E-state index contributed by atoms with van der Waals surface area (Å²) in [4.78, 5) is 11.5. The lowest BCUT2D eigenvalue weighted by molar-refractivity contribution is -0.108. The van der Waals surface area contributed by atoms with Crippen LogP contribution in [0.3, 0.4) is 0 Å². The molecule has 5 heteroatoms. The fraction of sp³-hybridized carbons (Fsp3) is 0.235. The molecule has 0 N–H and O–H groups in total. The molecule has 2 aromatic rings. The van der Waals surface area contributed by atoms with Gasteiger partial charge in [0.1, 0.15) is 6.29 Å². The number of hydrogen-bond acceptors (Lipinski definition) is 3. The van der Waals surface area contributed by atoms with Gasteiger partial charge in [-0.1, -0.05) is 41.4 Å². The van der Waals surface area contributed by atoms with Gasteiger partial charge in [0.15, 0.2) is 9.84 Å². The second-order valence-corrected chi connectivity index (χ2v) is 8.16. The van der Waals surface area contributed by atoms with Crippen LogP contribution in [0.15, 0.2) is 53.4 Å². The number of halogens is 1. The van der Waals surface area contributed by atoms with Crippen LogP contribution in [0.25, 0.3) is 0 Å². The highest BCUT2D eigenvalue weighted by atomic mass is 35.5. The summed E-state index contributed by atoms with van der Waals surface area (Å²) >= 11 is 5.86. The third-order valence-corrected chi connectivity index (χ3v) is 6.63. The zero-order chi connectivity index (χ0) is 15.9. The molecule has 0 bridgehead atoms. The lowest BCUT2D eigenvalue weighted by Crippen LogP contribution is -2.11.